The molecule has 6 nitrogen and oxygen atoms in total. The number of rotatable bonds is 3. The van der Waals surface area contributed by atoms with Crippen molar-refractivity contribution < 1.29 is 29.3 Å². The normalized spacial score (nSPS) is 48.8. The highest BCUT2D eigenvalue weighted by atomic mass is 16.5. The summed E-state index contributed by atoms with van der Waals surface area (Å²) >= 11 is 0. The van der Waals surface area contributed by atoms with Crippen molar-refractivity contribution in [2.75, 3.05) is 13.2 Å². The fraction of sp³-hybridized carbons (Fsp3) is 0.840. The third-order valence-corrected chi connectivity index (χ3v) is 10.2. The average molecular weight is 433 g/mol. The Labute approximate surface area is 184 Å². The van der Waals surface area contributed by atoms with Gasteiger partial charge in [-0.1, -0.05) is 6.92 Å². The molecule has 31 heavy (non-hydrogen) atoms. The molecular weight excluding hydrogens is 396 g/mol. The number of carbonyl (C=O) groups excluding carboxylic acids is 2. The molecule has 0 radical (unpaired) electrons. The second-order valence-corrected chi connectivity index (χ2v) is 11.2. The molecule has 2 N–H and O–H groups in total. The van der Waals surface area contributed by atoms with E-state index in [2.05, 4.69) is 6.92 Å². The van der Waals surface area contributed by atoms with Gasteiger partial charge in [-0.05, 0) is 87.0 Å². The van der Waals surface area contributed by atoms with Crippen LogP contribution >= 0.6 is 0 Å². The van der Waals surface area contributed by atoms with E-state index in [1.807, 2.05) is 0 Å². The average Bonchev–Trinajstić information content (AvgIpc) is 3.26. The lowest BCUT2D eigenvalue weighted by Crippen LogP contribution is -2.64. The molecule has 8 unspecified atom stereocenters. The van der Waals surface area contributed by atoms with Gasteiger partial charge in [0.15, 0.2) is 0 Å². The number of hydrogen-bond donors (Lipinski definition) is 2. The van der Waals surface area contributed by atoms with Crippen LogP contribution in [0.1, 0.15) is 71.6 Å². The van der Waals surface area contributed by atoms with Gasteiger partial charge in [0.05, 0.1) is 18.3 Å². The fourth-order valence-corrected chi connectivity index (χ4v) is 8.70. The summed E-state index contributed by atoms with van der Waals surface area (Å²) in [6.07, 6.45) is 9.20. The summed E-state index contributed by atoms with van der Waals surface area (Å²) in [6.45, 7) is 4.46. The second kappa shape index (κ2) is 7.31. The largest absolute Gasteiger partial charge is 0.465 e. The lowest BCUT2D eigenvalue weighted by Gasteiger charge is -2.64. The van der Waals surface area contributed by atoms with Gasteiger partial charge in [0.2, 0.25) is 0 Å². The molecular formula is C25H36O6. The number of esters is 2. The summed E-state index contributed by atoms with van der Waals surface area (Å²) in [4.78, 5) is 23.4. The van der Waals surface area contributed by atoms with Crippen LogP contribution < -0.4 is 0 Å². The molecule has 0 amide bonds. The maximum atomic E-state index is 12.3. The van der Waals surface area contributed by atoms with Crippen LogP contribution in [0.4, 0.5) is 0 Å². The van der Waals surface area contributed by atoms with Crippen molar-refractivity contribution in [3.05, 3.63) is 11.6 Å². The van der Waals surface area contributed by atoms with Crippen LogP contribution in [0.15, 0.2) is 11.6 Å². The molecule has 0 bridgehead atoms. The molecule has 0 aromatic heterocycles. The van der Waals surface area contributed by atoms with Crippen molar-refractivity contribution >= 4 is 11.9 Å². The Hall–Kier alpha value is -1.40. The lowest BCUT2D eigenvalue weighted by molar-refractivity contribution is -0.222. The number of carbonyl (C=O) groups is 2. The summed E-state index contributed by atoms with van der Waals surface area (Å²) in [7, 11) is 0. The maximum Gasteiger partial charge on any atom is 0.331 e. The van der Waals surface area contributed by atoms with E-state index in [-0.39, 0.29) is 40.7 Å². The molecule has 5 aliphatic rings. The number of aliphatic hydroxyl groups is 2. The number of cyclic esters (lactones) is 1. The van der Waals surface area contributed by atoms with E-state index in [1.54, 1.807) is 6.08 Å². The topological polar surface area (TPSA) is 93.1 Å². The zero-order valence-electron chi connectivity index (χ0n) is 18.8. The molecule has 4 fully saturated rings. The second-order valence-electron chi connectivity index (χ2n) is 11.2. The molecule has 0 aromatic carbocycles. The highest BCUT2D eigenvalue weighted by Gasteiger charge is 2.68. The number of fused-ring (bicyclic) bond motifs is 5. The quantitative estimate of drug-likeness (QED) is 0.666. The first-order chi connectivity index (χ1) is 14.7. The zero-order valence-corrected chi connectivity index (χ0v) is 18.8. The summed E-state index contributed by atoms with van der Waals surface area (Å²) in [5, 5.41) is 22.6. The molecule has 0 aromatic rings. The zero-order chi connectivity index (χ0) is 22.0. The van der Waals surface area contributed by atoms with Gasteiger partial charge < -0.3 is 19.7 Å². The summed E-state index contributed by atoms with van der Waals surface area (Å²) in [5.74, 6) is 0.469. The molecule has 5 rings (SSSR count). The molecule has 1 aliphatic heterocycles. The Morgan fingerprint density at radius 3 is 2.68 bits per heavy atom. The van der Waals surface area contributed by atoms with Crippen LogP contribution in [0.5, 0.6) is 0 Å². The third kappa shape index (κ3) is 3.04. The van der Waals surface area contributed by atoms with Crippen LogP contribution in [0.2, 0.25) is 0 Å². The molecule has 8 atom stereocenters. The van der Waals surface area contributed by atoms with E-state index in [0.29, 0.717) is 25.0 Å². The SMILES string of the molecule is CC(=O)OCC12CCC(O)CC1CCC1C2CCC2(C)C(C3=CC(=O)OC3)CCC12O. The van der Waals surface area contributed by atoms with Crippen molar-refractivity contribution in [1.82, 2.24) is 0 Å². The fourth-order valence-electron chi connectivity index (χ4n) is 8.70. The first kappa shape index (κ1) is 21.4. The molecule has 0 saturated heterocycles. The molecule has 6 heteroatoms. The first-order valence-electron chi connectivity index (χ1n) is 12.1. The minimum atomic E-state index is -0.780. The summed E-state index contributed by atoms with van der Waals surface area (Å²) in [6, 6.07) is 0. The van der Waals surface area contributed by atoms with E-state index in [0.717, 1.165) is 63.4 Å². The van der Waals surface area contributed by atoms with Gasteiger partial charge in [0.25, 0.3) is 0 Å². The van der Waals surface area contributed by atoms with Crippen LogP contribution in [-0.4, -0.2) is 47.1 Å². The van der Waals surface area contributed by atoms with Gasteiger partial charge in [-0.3, -0.25) is 4.79 Å². The minimum Gasteiger partial charge on any atom is -0.465 e. The van der Waals surface area contributed by atoms with Gasteiger partial charge in [-0.25, -0.2) is 4.79 Å². The summed E-state index contributed by atoms with van der Waals surface area (Å²) < 4.78 is 10.9. The Balaban J connectivity index is 1.48. The lowest BCUT2D eigenvalue weighted by atomic mass is 9.43. The number of aliphatic hydroxyl groups excluding tert-OH is 1. The Morgan fingerprint density at radius 2 is 1.97 bits per heavy atom. The van der Waals surface area contributed by atoms with E-state index >= 15 is 0 Å². The van der Waals surface area contributed by atoms with E-state index in [4.69, 9.17) is 9.47 Å². The summed E-state index contributed by atoms with van der Waals surface area (Å²) in [5.41, 5.74) is -0.144. The predicted octanol–water partition coefficient (Wildman–Crippen LogP) is 3.15. The molecule has 0 spiro atoms. The van der Waals surface area contributed by atoms with E-state index in [9.17, 15) is 19.8 Å². The van der Waals surface area contributed by atoms with E-state index in [1.165, 1.54) is 6.92 Å². The third-order valence-electron chi connectivity index (χ3n) is 10.2. The standard InChI is InChI=1S/C25H36O6/c1-15(26)31-14-24-9-5-18(27)12-17(24)3-4-21-20(24)6-8-23(2)19(7-10-25(21,23)29)16-11-22(28)30-13-16/h11,17-21,27,29H,3-10,12-14H2,1-2H3. The van der Waals surface area contributed by atoms with Crippen LogP contribution in [0.25, 0.3) is 0 Å². The van der Waals surface area contributed by atoms with E-state index < -0.39 is 5.60 Å². The highest BCUT2D eigenvalue weighted by Crippen LogP contribution is 2.70. The van der Waals surface area contributed by atoms with Crippen molar-refractivity contribution in [3.63, 3.8) is 0 Å². The maximum absolute atomic E-state index is 12.3. The number of ether oxygens (including phenoxy) is 2. The van der Waals surface area contributed by atoms with Gasteiger partial charge in [0, 0.05) is 23.8 Å². The van der Waals surface area contributed by atoms with Crippen molar-refractivity contribution in [3.8, 4) is 0 Å². The van der Waals surface area contributed by atoms with Gasteiger partial charge >= 0.3 is 11.9 Å². The molecule has 1 heterocycles. The monoisotopic (exact) mass is 432 g/mol. The smallest absolute Gasteiger partial charge is 0.331 e. The Morgan fingerprint density at radius 1 is 1.16 bits per heavy atom. The van der Waals surface area contributed by atoms with Crippen LogP contribution in [-0.2, 0) is 19.1 Å². The van der Waals surface area contributed by atoms with Gasteiger partial charge in [0.1, 0.15) is 6.61 Å². The Bertz CT molecular complexity index is 806. The first-order valence-corrected chi connectivity index (χ1v) is 12.1. The van der Waals surface area contributed by atoms with Crippen molar-refractivity contribution in [2.24, 2.45) is 34.5 Å². The van der Waals surface area contributed by atoms with Crippen LogP contribution in [0, 0.1) is 34.5 Å². The molecule has 172 valence electrons. The van der Waals surface area contributed by atoms with Crippen molar-refractivity contribution in [1.29, 1.82) is 0 Å². The van der Waals surface area contributed by atoms with Crippen molar-refractivity contribution in [2.45, 2.75) is 83.3 Å². The van der Waals surface area contributed by atoms with Gasteiger partial charge in [-0.2, -0.15) is 0 Å². The number of hydrogen-bond acceptors (Lipinski definition) is 6. The van der Waals surface area contributed by atoms with Gasteiger partial charge in [-0.15, -0.1) is 0 Å². The molecule has 4 saturated carbocycles. The minimum absolute atomic E-state index is 0.144. The molecule has 4 aliphatic carbocycles. The Kier molecular flexibility index (Phi) is 5.06. The highest BCUT2D eigenvalue weighted by molar-refractivity contribution is 5.85. The predicted molar refractivity (Wildman–Crippen MR) is 113 cm³/mol. The van der Waals surface area contributed by atoms with Crippen LogP contribution in [0.3, 0.4) is 0 Å².